The van der Waals surface area contributed by atoms with Crippen molar-refractivity contribution >= 4 is 23.2 Å². The molecule has 1 unspecified atom stereocenters. The zero-order valence-corrected chi connectivity index (χ0v) is 11.4. The Bertz CT molecular complexity index is 305. The summed E-state index contributed by atoms with van der Waals surface area (Å²) >= 11 is 12.2. The fraction of sp³-hybridized carbons (Fsp3) is 0.538. The molecule has 1 rings (SSSR count). The number of halogens is 2. The van der Waals surface area contributed by atoms with E-state index in [0.29, 0.717) is 6.04 Å². The summed E-state index contributed by atoms with van der Waals surface area (Å²) in [5, 5.41) is 4.96. The molecule has 1 N–H and O–H groups in total. The molecule has 1 aromatic carbocycles. The van der Waals surface area contributed by atoms with Crippen molar-refractivity contribution in [1.29, 1.82) is 0 Å². The van der Waals surface area contributed by atoms with Gasteiger partial charge in [-0.25, -0.2) is 0 Å². The molecule has 0 fully saturated rings. The Morgan fingerprint density at radius 2 is 1.88 bits per heavy atom. The van der Waals surface area contributed by atoms with Crippen LogP contribution in [0.25, 0.3) is 0 Å². The van der Waals surface area contributed by atoms with E-state index in [2.05, 4.69) is 19.2 Å². The van der Waals surface area contributed by atoms with Crippen molar-refractivity contribution < 1.29 is 0 Å². The number of benzene rings is 1. The van der Waals surface area contributed by atoms with Crippen LogP contribution in [-0.4, -0.2) is 12.6 Å². The minimum atomic E-state index is 0.561. The molecule has 1 nitrogen and oxygen atoms in total. The fourth-order valence-corrected chi connectivity index (χ4v) is 2.39. The van der Waals surface area contributed by atoms with Crippen molar-refractivity contribution in [2.75, 3.05) is 6.54 Å². The molecule has 0 bridgehead atoms. The normalized spacial score (nSPS) is 12.8. The molecule has 3 heteroatoms. The highest BCUT2D eigenvalue weighted by atomic mass is 35.5. The Kier molecular flexibility index (Phi) is 6.18. The third-order valence-corrected chi connectivity index (χ3v) is 3.39. The molecule has 0 radical (unpaired) electrons. The number of rotatable bonds is 6. The van der Waals surface area contributed by atoms with Crippen LogP contribution in [-0.2, 0) is 6.42 Å². The van der Waals surface area contributed by atoms with E-state index in [1.807, 2.05) is 18.2 Å². The summed E-state index contributed by atoms with van der Waals surface area (Å²) in [6.45, 7) is 5.35. The van der Waals surface area contributed by atoms with Crippen LogP contribution in [0.15, 0.2) is 18.2 Å². The minimum absolute atomic E-state index is 0.561. The molecule has 0 heterocycles. The number of hydrogen-bond acceptors (Lipinski definition) is 1. The highest BCUT2D eigenvalue weighted by Gasteiger charge is 2.06. The van der Waals surface area contributed by atoms with Crippen molar-refractivity contribution in [3.8, 4) is 0 Å². The molecule has 0 amide bonds. The summed E-state index contributed by atoms with van der Waals surface area (Å²) in [6, 6.07) is 6.24. The van der Waals surface area contributed by atoms with Crippen LogP contribution >= 0.6 is 23.2 Å². The van der Waals surface area contributed by atoms with Crippen LogP contribution in [0, 0.1) is 0 Å². The van der Waals surface area contributed by atoms with Gasteiger partial charge in [-0.1, -0.05) is 36.2 Å². The summed E-state index contributed by atoms with van der Waals surface area (Å²) in [5.41, 5.74) is 1.08. The van der Waals surface area contributed by atoms with Crippen molar-refractivity contribution in [3.63, 3.8) is 0 Å². The lowest BCUT2D eigenvalue weighted by molar-refractivity contribution is 0.513. The second-order valence-electron chi connectivity index (χ2n) is 4.05. The van der Waals surface area contributed by atoms with Crippen molar-refractivity contribution in [1.82, 2.24) is 5.32 Å². The summed E-state index contributed by atoms with van der Waals surface area (Å²) in [6.07, 6.45) is 3.21. The number of hydrogen-bond donors (Lipinski definition) is 1. The van der Waals surface area contributed by atoms with Gasteiger partial charge < -0.3 is 5.32 Å². The van der Waals surface area contributed by atoms with Gasteiger partial charge in [0.25, 0.3) is 0 Å². The van der Waals surface area contributed by atoms with Crippen LogP contribution in [0.4, 0.5) is 0 Å². The minimum Gasteiger partial charge on any atom is -0.315 e. The largest absolute Gasteiger partial charge is 0.315 e. The van der Waals surface area contributed by atoms with Crippen molar-refractivity contribution in [3.05, 3.63) is 33.8 Å². The Labute approximate surface area is 108 Å². The van der Waals surface area contributed by atoms with Gasteiger partial charge in [-0.15, -0.1) is 0 Å². The summed E-state index contributed by atoms with van der Waals surface area (Å²) in [5.74, 6) is 0. The topological polar surface area (TPSA) is 12.0 Å². The first-order valence-corrected chi connectivity index (χ1v) is 6.57. The predicted octanol–water partition coefficient (Wildman–Crippen LogP) is 4.31. The predicted molar refractivity (Wildman–Crippen MR) is 72.5 cm³/mol. The Morgan fingerprint density at radius 1 is 1.25 bits per heavy atom. The average molecular weight is 260 g/mol. The standard InChI is InChI=1S/C13H19Cl2N/c1-3-16-10(2)6-4-7-11-12(14)8-5-9-13(11)15/h5,8-10,16H,3-4,6-7H2,1-2H3. The molecule has 1 aromatic rings. The second-order valence-corrected chi connectivity index (χ2v) is 4.87. The van der Waals surface area contributed by atoms with Crippen molar-refractivity contribution in [2.24, 2.45) is 0 Å². The molecule has 0 saturated heterocycles. The third-order valence-electron chi connectivity index (χ3n) is 2.68. The fourth-order valence-electron chi connectivity index (χ4n) is 1.81. The van der Waals surface area contributed by atoms with Crippen LogP contribution in [0.3, 0.4) is 0 Å². The maximum Gasteiger partial charge on any atom is 0.0452 e. The van der Waals surface area contributed by atoms with Gasteiger partial charge in [0.15, 0.2) is 0 Å². The highest BCUT2D eigenvalue weighted by Crippen LogP contribution is 2.25. The van der Waals surface area contributed by atoms with E-state index in [9.17, 15) is 0 Å². The van der Waals surface area contributed by atoms with Crippen LogP contribution in [0.1, 0.15) is 32.3 Å². The van der Waals surface area contributed by atoms with E-state index in [4.69, 9.17) is 23.2 Å². The maximum absolute atomic E-state index is 6.11. The van der Waals surface area contributed by atoms with Crippen molar-refractivity contribution in [2.45, 2.75) is 39.2 Å². The lowest BCUT2D eigenvalue weighted by Gasteiger charge is -2.12. The summed E-state index contributed by atoms with van der Waals surface area (Å²) in [4.78, 5) is 0. The zero-order valence-electron chi connectivity index (χ0n) is 9.89. The van der Waals surface area contributed by atoms with Gasteiger partial charge >= 0.3 is 0 Å². The molecule has 0 saturated carbocycles. The summed E-state index contributed by atoms with van der Waals surface area (Å²) in [7, 11) is 0. The number of nitrogens with one attached hydrogen (secondary N) is 1. The molecule has 0 spiro atoms. The zero-order chi connectivity index (χ0) is 12.0. The SMILES string of the molecule is CCNC(C)CCCc1c(Cl)cccc1Cl. The molecular formula is C13H19Cl2N. The molecule has 16 heavy (non-hydrogen) atoms. The van der Waals surface area contributed by atoms with E-state index in [0.717, 1.165) is 41.4 Å². The second kappa shape index (κ2) is 7.16. The maximum atomic E-state index is 6.11. The summed E-state index contributed by atoms with van der Waals surface area (Å²) < 4.78 is 0. The lowest BCUT2D eigenvalue weighted by atomic mass is 10.1. The highest BCUT2D eigenvalue weighted by molar-refractivity contribution is 6.35. The monoisotopic (exact) mass is 259 g/mol. The molecule has 90 valence electrons. The van der Waals surface area contributed by atoms with Crippen LogP contribution < -0.4 is 5.32 Å². The Hall–Kier alpha value is -0.240. The van der Waals surface area contributed by atoms with Gasteiger partial charge in [0.1, 0.15) is 0 Å². The average Bonchev–Trinajstić information content (AvgIpc) is 2.23. The first-order chi connectivity index (χ1) is 7.65. The molecule has 0 aliphatic carbocycles. The van der Waals surface area contributed by atoms with E-state index in [1.165, 1.54) is 0 Å². The quantitative estimate of drug-likeness (QED) is 0.803. The lowest BCUT2D eigenvalue weighted by Crippen LogP contribution is -2.25. The van der Waals surface area contributed by atoms with Gasteiger partial charge in [0.05, 0.1) is 0 Å². The molecule has 1 atom stereocenters. The van der Waals surface area contributed by atoms with Gasteiger partial charge in [0, 0.05) is 16.1 Å². The van der Waals surface area contributed by atoms with Crippen LogP contribution in [0.2, 0.25) is 10.0 Å². The third kappa shape index (κ3) is 4.32. The van der Waals surface area contributed by atoms with Crippen LogP contribution in [0.5, 0.6) is 0 Å². The van der Waals surface area contributed by atoms with E-state index in [1.54, 1.807) is 0 Å². The van der Waals surface area contributed by atoms with Gasteiger partial charge in [0.2, 0.25) is 0 Å². The molecule has 0 aliphatic rings. The molecular weight excluding hydrogens is 241 g/mol. The van der Waals surface area contributed by atoms with E-state index < -0.39 is 0 Å². The van der Waals surface area contributed by atoms with E-state index >= 15 is 0 Å². The van der Waals surface area contributed by atoms with Gasteiger partial charge in [-0.3, -0.25) is 0 Å². The Morgan fingerprint density at radius 3 is 2.44 bits per heavy atom. The van der Waals surface area contributed by atoms with Gasteiger partial charge in [-0.2, -0.15) is 0 Å². The van der Waals surface area contributed by atoms with E-state index in [-0.39, 0.29) is 0 Å². The Balaban J connectivity index is 2.43. The first kappa shape index (κ1) is 13.8. The molecule has 0 aliphatic heterocycles. The molecule has 0 aromatic heterocycles. The first-order valence-electron chi connectivity index (χ1n) is 5.81. The smallest absolute Gasteiger partial charge is 0.0452 e. The van der Waals surface area contributed by atoms with Gasteiger partial charge in [-0.05, 0) is 50.4 Å².